The maximum Gasteiger partial charge on any atom is 0.416 e. The van der Waals surface area contributed by atoms with E-state index in [4.69, 9.17) is 4.74 Å². The van der Waals surface area contributed by atoms with Crippen molar-refractivity contribution in [2.24, 2.45) is 0 Å². The molecule has 5 heteroatoms. The van der Waals surface area contributed by atoms with E-state index >= 15 is 0 Å². The summed E-state index contributed by atoms with van der Waals surface area (Å²) in [5, 5.41) is 0. The molecule has 0 aromatic heterocycles. The number of halogens is 3. The molecule has 0 amide bonds. The molecule has 1 aromatic carbocycles. The van der Waals surface area contributed by atoms with Crippen molar-refractivity contribution in [2.45, 2.75) is 6.18 Å². The number of hydrogen-bond donors (Lipinski definition) is 1. The largest absolute Gasteiger partial charge is 0.496 e. The summed E-state index contributed by atoms with van der Waals surface area (Å²) >= 11 is 3.96. The van der Waals surface area contributed by atoms with Gasteiger partial charge in [-0.25, -0.2) is 0 Å². The molecular formula is C10H9F3OS. The lowest BCUT2D eigenvalue weighted by atomic mass is 10.1. The van der Waals surface area contributed by atoms with E-state index in [9.17, 15) is 13.2 Å². The summed E-state index contributed by atoms with van der Waals surface area (Å²) in [5.41, 5.74) is -0.300. The molecule has 1 rings (SSSR count). The van der Waals surface area contributed by atoms with Gasteiger partial charge in [0.25, 0.3) is 0 Å². The van der Waals surface area contributed by atoms with Crippen LogP contribution in [0.2, 0.25) is 0 Å². The zero-order valence-corrected chi connectivity index (χ0v) is 8.82. The number of thiol groups is 1. The van der Waals surface area contributed by atoms with E-state index in [1.54, 1.807) is 0 Å². The molecule has 0 aliphatic rings. The van der Waals surface area contributed by atoms with Gasteiger partial charge in [-0.3, -0.25) is 0 Å². The van der Waals surface area contributed by atoms with Crippen molar-refractivity contribution < 1.29 is 17.9 Å². The zero-order valence-electron chi connectivity index (χ0n) is 7.93. The molecule has 1 aromatic rings. The second kappa shape index (κ2) is 4.18. The maximum atomic E-state index is 12.3. The fraction of sp³-hybridized carbons (Fsp3) is 0.200. The van der Waals surface area contributed by atoms with Gasteiger partial charge in [0, 0.05) is 10.5 Å². The Labute approximate surface area is 91.0 Å². The molecule has 0 radical (unpaired) electrons. The SMILES string of the molecule is C=C(S)c1ccc(C(F)(F)F)cc1OC. The van der Waals surface area contributed by atoms with Crippen LogP contribution >= 0.6 is 12.6 Å². The van der Waals surface area contributed by atoms with Crippen LogP contribution in [0.3, 0.4) is 0 Å². The molecule has 0 atom stereocenters. The Morgan fingerprint density at radius 2 is 2.00 bits per heavy atom. The van der Waals surface area contributed by atoms with Gasteiger partial charge in [0.1, 0.15) is 5.75 Å². The van der Waals surface area contributed by atoms with Crippen LogP contribution in [0.5, 0.6) is 5.75 Å². The van der Waals surface area contributed by atoms with Gasteiger partial charge >= 0.3 is 6.18 Å². The molecule has 0 spiro atoms. The molecule has 0 aliphatic heterocycles. The smallest absolute Gasteiger partial charge is 0.416 e. The van der Waals surface area contributed by atoms with Crippen LogP contribution in [0, 0.1) is 0 Å². The molecule has 0 bridgehead atoms. The first-order valence-corrected chi connectivity index (χ1v) is 4.44. The fourth-order valence-electron chi connectivity index (χ4n) is 1.11. The van der Waals surface area contributed by atoms with Crippen molar-refractivity contribution in [1.82, 2.24) is 0 Å². The van der Waals surface area contributed by atoms with Crippen molar-refractivity contribution in [3.8, 4) is 5.75 Å². The number of methoxy groups -OCH3 is 1. The highest BCUT2D eigenvalue weighted by Crippen LogP contribution is 2.35. The molecule has 0 saturated heterocycles. The summed E-state index contributed by atoms with van der Waals surface area (Å²) in [6.45, 7) is 3.53. The van der Waals surface area contributed by atoms with Gasteiger partial charge in [-0.15, -0.1) is 12.6 Å². The summed E-state index contributed by atoms with van der Waals surface area (Å²) in [7, 11) is 1.30. The quantitative estimate of drug-likeness (QED) is 0.769. The lowest BCUT2D eigenvalue weighted by Gasteiger charge is -2.11. The standard InChI is InChI=1S/C10H9F3OS/c1-6(15)8-4-3-7(10(11,12)13)5-9(8)14-2/h3-5,15H,1H2,2H3. The van der Waals surface area contributed by atoms with E-state index in [2.05, 4.69) is 19.2 Å². The molecule has 0 fully saturated rings. The van der Waals surface area contributed by atoms with E-state index in [0.29, 0.717) is 10.5 Å². The Bertz CT molecular complexity index is 385. The summed E-state index contributed by atoms with van der Waals surface area (Å²) < 4.78 is 41.9. The highest BCUT2D eigenvalue weighted by molar-refractivity contribution is 7.90. The first kappa shape index (κ1) is 12.0. The second-order valence-corrected chi connectivity index (χ2v) is 3.40. The van der Waals surface area contributed by atoms with Gasteiger partial charge in [-0.2, -0.15) is 13.2 Å². The number of hydrogen-bond acceptors (Lipinski definition) is 2. The summed E-state index contributed by atoms with van der Waals surface area (Å²) in [4.78, 5) is 0.362. The van der Waals surface area contributed by atoms with Crippen molar-refractivity contribution in [3.05, 3.63) is 35.9 Å². The van der Waals surface area contributed by atoms with E-state index in [1.807, 2.05) is 0 Å². The normalized spacial score (nSPS) is 11.3. The average molecular weight is 234 g/mol. The third kappa shape index (κ3) is 2.68. The number of rotatable bonds is 2. The minimum absolute atomic E-state index is 0.116. The van der Waals surface area contributed by atoms with Crippen molar-refractivity contribution in [1.29, 1.82) is 0 Å². The van der Waals surface area contributed by atoms with Gasteiger partial charge in [0.05, 0.1) is 12.7 Å². The molecule has 1 nitrogen and oxygen atoms in total. The second-order valence-electron chi connectivity index (χ2n) is 2.86. The average Bonchev–Trinajstić information content (AvgIpc) is 2.15. The lowest BCUT2D eigenvalue weighted by molar-refractivity contribution is -0.137. The first-order chi connectivity index (χ1) is 6.86. The molecule has 15 heavy (non-hydrogen) atoms. The molecule has 0 aliphatic carbocycles. The fourth-order valence-corrected chi connectivity index (χ4v) is 1.29. The number of alkyl halides is 3. The van der Waals surface area contributed by atoms with Gasteiger partial charge in [-0.05, 0) is 18.2 Å². The maximum absolute atomic E-state index is 12.3. The monoisotopic (exact) mass is 234 g/mol. The van der Waals surface area contributed by atoms with E-state index in [-0.39, 0.29) is 5.75 Å². The van der Waals surface area contributed by atoms with Crippen molar-refractivity contribution in [3.63, 3.8) is 0 Å². The Hall–Kier alpha value is -1.10. The molecule has 82 valence electrons. The predicted molar refractivity (Wildman–Crippen MR) is 56.0 cm³/mol. The molecule has 0 N–H and O–H groups in total. The predicted octanol–water partition coefficient (Wildman–Crippen LogP) is 3.61. The lowest BCUT2D eigenvalue weighted by Crippen LogP contribution is -2.05. The van der Waals surface area contributed by atoms with Gasteiger partial charge in [0.15, 0.2) is 0 Å². The van der Waals surface area contributed by atoms with Crippen LogP contribution in [-0.2, 0) is 6.18 Å². The van der Waals surface area contributed by atoms with Crippen LogP contribution in [0.15, 0.2) is 24.8 Å². The Morgan fingerprint density at radius 3 is 2.40 bits per heavy atom. The van der Waals surface area contributed by atoms with Crippen LogP contribution < -0.4 is 4.74 Å². The molecule has 0 unspecified atom stereocenters. The first-order valence-electron chi connectivity index (χ1n) is 3.99. The number of benzene rings is 1. The van der Waals surface area contributed by atoms with Crippen LogP contribution in [0.1, 0.15) is 11.1 Å². The van der Waals surface area contributed by atoms with E-state index < -0.39 is 11.7 Å². The minimum atomic E-state index is -4.37. The van der Waals surface area contributed by atoms with Gasteiger partial charge < -0.3 is 4.74 Å². The topological polar surface area (TPSA) is 9.23 Å². The van der Waals surface area contributed by atoms with E-state index in [0.717, 1.165) is 12.1 Å². The van der Waals surface area contributed by atoms with Crippen LogP contribution in [0.25, 0.3) is 4.91 Å². The van der Waals surface area contributed by atoms with Crippen molar-refractivity contribution in [2.75, 3.05) is 7.11 Å². The highest BCUT2D eigenvalue weighted by atomic mass is 32.1. The minimum Gasteiger partial charge on any atom is -0.496 e. The zero-order chi connectivity index (χ0) is 11.6. The van der Waals surface area contributed by atoms with Crippen LogP contribution in [0.4, 0.5) is 13.2 Å². The van der Waals surface area contributed by atoms with E-state index in [1.165, 1.54) is 13.2 Å². The number of ether oxygens (including phenoxy) is 1. The summed E-state index contributed by atoms with van der Waals surface area (Å²) in [5.74, 6) is 0.116. The summed E-state index contributed by atoms with van der Waals surface area (Å²) in [6.07, 6.45) is -4.37. The van der Waals surface area contributed by atoms with Crippen molar-refractivity contribution >= 4 is 17.5 Å². The Morgan fingerprint density at radius 1 is 1.40 bits per heavy atom. The summed E-state index contributed by atoms with van der Waals surface area (Å²) in [6, 6.07) is 3.19. The molecular weight excluding hydrogens is 225 g/mol. The van der Waals surface area contributed by atoms with Gasteiger partial charge in [0.2, 0.25) is 0 Å². The Kier molecular flexibility index (Phi) is 3.34. The van der Waals surface area contributed by atoms with Crippen LogP contribution in [-0.4, -0.2) is 7.11 Å². The Balaban J connectivity index is 3.25. The molecule has 0 saturated carbocycles. The third-order valence-corrected chi connectivity index (χ3v) is 2.08. The third-order valence-electron chi connectivity index (χ3n) is 1.84. The van der Waals surface area contributed by atoms with Gasteiger partial charge in [-0.1, -0.05) is 6.58 Å². The molecule has 0 heterocycles. The highest BCUT2D eigenvalue weighted by Gasteiger charge is 2.31.